The van der Waals surface area contributed by atoms with Crippen molar-refractivity contribution in [1.82, 2.24) is 9.88 Å². The molecule has 27 heavy (non-hydrogen) atoms. The number of nitrogens with zero attached hydrogens (tertiary/aromatic N) is 3. The van der Waals surface area contributed by atoms with E-state index in [-0.39, 0.29) is 11.8 Å². The number of benzene rings is 1. The van der Waals surface area contributed by atoms with E-state index in [9.17, 15) is 9.59 Å². The highest BCUT2D eigenvalue weighted by molar-refractivity contribution is 7.14. The van der Waals surface area contributed by atoms with E-state index in [1.165, 1.54) is 24.3 Å². The normalized spacial score (nSPS) is 10.9. The van der Waals surface area contributed by atoms with Crippen molar-refractivity contribution in [2.75, 3.05) is 11.9 Å². The van der Waals surface area contributed by atoms with Crippen LogP contribution < -0.4 is 4.90 Å². The summed E-state index contributed by atoms with van der Waals surface area (Å²) in [5.74, 6) is 0.433. The van der Waals surface area contributed by atoms with Crippen LogP contribution in [0, 0.1) is 0 Å². The van der Waals surface area contributed by atoms with Gasteiger partial charge in [-0.2, -0.15) is 0 Å². The summed E-state index contributed by atoms with van der Waals surface area (Å²) in [5, 5.41) is 2.37. The standard InChI is InChI=1S/C20H19N3O3S/c1-15(24)23(17-7-4-3-5-8-17)20-21-16(14-27-20)10-11-19(25)22(2)13-18-9-6-12-26-18/h3-12,14H,13H2,1-2H3/b11-10+. The van der Waals surface area contributed by atoms with Gasteiger partial charge in [0.2, 0.25) is 11.8 Å². The summed E-state index contributed by atoms with van der Waals surface area (Å²) in [5.41, 5.74) is 1.38. The van der Waals surface area contributed by atoms with Gasteiger partial charge in [0.1, 0.15) is 5.76 Å². The van der Waals surface area contributed by atoms with Crippen molar-refractivity contribution >= 4 is 40.0 Å². The van der Waals surface area contributed by atoms with E-state index in [2.05, 4.69) is 4.98 Å². The maximum atomic E-state index is 12.2. The molecule has 0 N–H and O–H groups in total. The van der Waals surface area contributed by atoms with E-state index >= 15 is 0 Å². The van der Waals surface area contributed by atoms with E-state index in [4.69, 9.17) is 4.42 Å². The maximum absolute atomic E-state index is 12.2. The monoisotopic (exact) mass is 381 g/mol. The topological polar surface area (TPSA) is 66.7 Å². The number of furan rings is 1. The Morgan fingerprint density at radius 3 is 2.63 bits per heavy atom. The fourth-order valence-electron chi connectivity index (χ4n) is 2.46. The third-order valence-electron chi connectivity index (χ3n) is 3.78. The van der Waals surface area contributed by atoms with Crippen LogP contribution in [-0.4, -0.2) is 28.7 Å². The highest BCUT2D eigenvalue weighted by Gasteiger charge is 2.17. The first-order valence-electron chi connectivity index (χ1n) is 8.31. The number of carbonyl (C=O) groups excluding carboxylic acids is 2. The van der Waals surface area contributed by atoms with E-state index in [0.29, 0.717) is 17.4 Å². The molecular weight excluding hydrogens is 362 g/mol. The van der Waals surface area contributed by atoms with Gasteiger partial charge in [-0.15, -0.1) is 11.3 Å². The van der Waals surface area contributed by atoms with E-state index < -0.39 is 0 Å². The van der Waals surface area contributed by atoms with Crippen LogP contribution in [0.3, 0.4) is 0 Å². The molecule has 0 fully saturated rings. The lowest BCUT2D eigenvalue weighted by Crippen LogP contribution is -2.23. The van der Waals surface area contributed by atoms with Crippen LogP contribution in [0.2, 0.25) is 0 Å². The van der Waals surface area contributed by atoms with Crippen LogP contribution in [0.25, 0.3) is 6.08 Å². The largest absolute Gasteiger partial charge is 0.467 e. The zero-order chi connectivity index (χ0) is 19.2. The summed E-state index contributed by atoms with van der Waals surface area (Å²) in [7, 11) is 1.70. The van der Waals surface area contributed by atoms with Crippen molar-refractivity contribution in [3.8, 4) is 0 Å². The number of anilines is 2. The smallest absolute Gasteiger partial charge is 0.246 e. The molecule has 2 heterocycles. The first-order chi connectivity index (χ1) is 13.0. The Morgan fingerprint density at radius 2 is 1.96 bits per heavy atom. The number of para-hydroxylation sites is 1. The molecule has 0 spiro atoms. The number of hydrogen-bond donors (Lipinski definition) is 0. The SMILES string of the molecule is CC(=O)N(c1ccccc1)c1nc(/C=C/C(=O)N(C)Cc2ccco2)cs1. The molecule has 3 rings (SSSR count). The van der Waals surface area contributed by atoms with Crippen LogP contribution >= 0.6 is 11.3 Å². The fraction of sp³-hybridized carbons (Fsp3) is 0.150. The summed E-state index contributed by atoms with van der Waals surface area (Å²) in [6.07, 6.45) is 4.68. The fourth-order valence-corrected chi connectivity index (χ4v) is 3.31. The van der Waals surface area contributed by atoms with Crippen LogP contribution in [0.5, 0.6) is 0 Å². The molecule has 138 valence electrons. The number of amides is 2. The molecule has 0 bridgehead atoms. The van der Waals surface area contributed by atoms with Gasteiger partial charge in [-0.3, -0.25) is 14.5 Å². The predicted molar refractivity (Wildman–Crippen MR) is 106 cm³/mol. The van der Waals surface area contributed by atoms with Gasteiger partial charge >= 0.3 is 0 Å². The molecule has 0 atom stereocenters. The molecule has 0 radical (unpaired) electrons. The minimum atomic E-state index is -0.160. The van der Waals surface area contributed by atoms with Crippen molar-refractivity contribution in [3.63, 3.8) is 0 Å². The number of hydrogen-bond acceptors (Lipinski definition) is 5. The molecule has 7 heteroatoms. The molecular formula is C20H19N3O3S. The van der Waals surface area contributed by atoms with E-state index in [0.717, 1.165) is 11.4 Å². The average molecular weight is 381 g/mol. The zero-order valence-electron chi connectivity index (χ0n) is 15.0. The quantitative estimate of drug-likeness (QED) is 0.603. The molecule has 2 aromatic heterocycles. The Bertz CT molecular complexity index is 933. The molecule has 1 aromatic carbocycles. The van der Waals surface area contributed by atoms with Crippen molar-refractivity contribution in [2.45, 2.75) is 13.5 Å². The number of likely N-dealkylation sites (N-methyl/N-ethyl adjacent to an activating group) is 1. The van der Waals surface area contributed by atoms with Gasteiger partial charge in [-0.1, -0.05) is 18.2 Å². The van der Waals surface area contributed by atoms with Gasteiger partial charge < -0.3 is 9.32 Å². The zero-order valence-corrected chi connectivity index (χ0v) is 15.8. The summed E-state index contributed by atoms with van der Waals surface area (Å²) in [4.78, 5) is 31.8. The average Bonchev–Trinajstić information content (AvgIpc) is 3.32. The summed E-state index contributed by atoms with van der Waals surface area (Å²) < 4.78 is 5.25. The van der Waals surface area contributed by atoms with Gasteiger partial charge in [0.15, 0.2) is 5.13 Å². The second kappa shape index (κ2) is 8.46. The van der Waals surface area contributed by atoms with Gasteiger partial charge in [-0.05, 0) is 30.3 Å². The first kappa shape index (κ1) is 18.6. The van der Waals surface area contributed by atoms with Crippen LogP contribution in [0.1, 0.15) is 18.4 Å². The maximum Gasteiger partial charge on any atom is 0.246 e. The number of aromatic nitrogens is 1. The van der Waals surface area contributed by atoms with Crippen LogP contribution in [0.4, 0.5) is 10.8 Å². The number of rotatable bonds is 6. The molecule has 0 saturated heterocycles. The molecule has 6 nitrogen and oxygen atoms in total. The summed E-state index contributed by atoms with van der Waals surface area (Å²) in [6, 6.07) is 12.9. The van der Waals surface area contributed by atoms with Gasteiger partial charge in [0.05, 0.1) is 24.2 Å². The van der Waals surface area contributed by atoms with Crippen LogP contribution in [-0.2, 0) is 16.1 Å². The summed E-state index contributed by atoms with van der Waals surface area (Å²) in [6.45, 7) is 1.89. The molecule has 0 aliphatic rings. The Labute approximate surface area is 161 Å². The Morgan fingerprint density at radius 1 is 1.19 bits per heavy atom. The van der Waals surface area contributed by atoms with Gasteiger partial charge in [0.25, 0.3) is 0 Å². The predicted octanol–water partition coefficient (Wildman–Crippen LogP) is 4.09. The summed E-state index contributed by atoms with van der Waals surface area (Å²) >= 11 is 1.35. The molecule has 3 aromatic rings. The van der Waals surface area contributed by atoms with Crippen molar-refractivity contribution in [2.24, 2.45) is 0 Å². The molecule has 0 aliphatic heterocycles. The number of carbonyl (C=O) groups is 2. The number of thiazole rings is 1. The van der Waals surface area contributed by atoms with Crippen molar-refractivity contribution in [1.29, 1.82) is 0 Å². The van der Waals surface area contributed by atoms with E-state index in [1.807, 2.05) is 41.8 Å². The third-order valence-corrected chi connectivity index (χ3v) is 4.62. The molecule has 2 amide bonds. The van der Waals surface area contributed by atoms with Crippen molar-refractivity contribution in [3.05, 3.63) is 71.6 Å². The lowest BCUT2D eigenvalue weighted by atomic mass is 10.3. The van der Waals surface area contributed by atoms with Gasteiger partial charge in [-0.25, -0.2) is 4.98 Å². The van der Waals surface area contributed by atoms with Crippen molar-refractivity contribution < 1.29 is 14.0 Å². The Balaban J connectivity index is 1.70. The molecule has 0 aliphatic carbocycles. The third kappa shape index (κ3) is 4.71. The lowest BCUT2D eigenvalue weighted by Gasteiger charge is -2.17. The highest BCUT2D eigenvalue weighted by Crippen LogP contribution is 2.29. The van der Waals surface area contributed by atoms with Crippen LogP contribution in [0.15, 0.2) is 64.6 Å². The Kier molecular flexibility index (Phi) is 5.83. The van der Waals surface area contributed by atoms with E-state index in [1.54, 1.807) is 35.3 Å². The minimum absolute atomic E-state index is 0.125. The minimum Gasteiger partial charge on any atom is -0.467 e. The first-order valence-corrected chi connectivity index (χ1v) is 9.19. The second-order valence-electron chi connectivity index (χ2n) is 5.85. The van der Waals surface area contributed by atoms with Gasteiger partial charge in [0, 0.05) is 25.4 Å². The molecule has 0 unspecified atom stereocenters. The lowest BCUT2D eigenvalue weighted by molar-refractivity contribution is -0.125. The molecule has 0 saturated carbocycles. The Hall–Kier alpha value is -3.19. The highest BCUT2D eigenvalue weighted by atomic mass is 32.1. The second-order valence-corrected chi connectivity index (χ2v) is 6.69.